The van der Waals surface area contributed by atoms with Gasteiger partial charge in [0.1, 0.15) is 5.75 Å². The van der Waals surface area contributed by atoms with E-state index in [0.717, 1.165) is 25.3 Å². The minimum Gasteiger partial charge on any atom is -0.483 e. The molecule has 0 radical (unpaired) electrons. The molecule has 5 nitrogen and oxygen atoms in total. The fourth-order valence-corrected chi connectivity index (χ4v) is 3.48. The van der Waals surface area contributed by atoms with Crippen molar-refractivity contribution in [1.82, 2.24) is 10.9 Å². The number of carbonyl (C=O) groups excluding carboxylic acids is 2. The molecule has 0 aliphatic heterocycles. The molecule has 0 heterocycles. The summed E-state index contributed by atoms with van der Waals surface area (Å²) in [7, 11) is 0. The van der Waals surface area contributed by atoms with Crippen molar-refractivity contribution in [1.29, 1.82) is 0 Å². The Morgan fingerprint density at radius 3 is 2.41 bits per heavy atom. The van der Waals surface area contributed by atoms with Crippen LogP contribution in [-0.2, 0) is 16.0 Å². The Morgan fingerprint density at radius 2 is 1.63 bits per heavy atom. The first kappa shape index (κ1) is 19.4. The summed E-state index contributed by atoms with van der Waals surface area (Å²) in [6.07, 6.45) is 0.188. The molecule has 3 rings (SSSR count). The summed E-state index contributed by atoms with van der Waals surface area (Å²) in [6, 6.07) is 18.9. The number of rotatable bonds is 5. The highest BCUT2D eigenvalue weighted by Gasteiger charge is 2.10. The predicted octanol–water partition coefficient (Wildman–Crippen LogP) is 4.13. The molecular weight excluding hydrogens is 476 g/mol. The van der Waals surface area contributed by atoms with Crippen LogP contribution in [0.5, 0.6) is 5.75 Å². The topological polar surface area (TPSA) is 67.4 Å². The van der Waals surface area contributed by atoms with Crippen LogP contribution in [0.3, 0.4) is 0 Å². The molecular formula is C20H16Br2N2O3. The van der Waals surface area contributed by atoms with E-state index in [1.165, 1.54) is 0 Å². The first-order valence-corrected chi connectivity index (χ1v) is 9.74. The number of nitrogens with one attached hydrogen (secondary N) is 2. The highest BCUT2D eigenvalue weighted by atomic mass is 79.9. The number of fused-ring (bicyclic) bond motifs is 1. The summed E-state index contributed by atoms with van der Waals surface area (Å²) in [5.41, 5.74) is 5.60. The minimum atomic E-state index is -0.445. The van der Waals surface area contributed by atoms with Crippen molar-refractivity contribution in [2.24, 2.45) is 0 Å². The highest BCUT2D eigenvalue weighted by Crippen LogP contribution is 2.34. The molecule has 0 aromatic heterocycles. The van der Waals surface area contributed by atoms with E-state index in [9.17, 15) is 9.59 Å². The van der Waals surface area contributed by atoms with Gasteiger partial charge < -0.3 is 4.74 Å². The second-order valence-corrected chi connectivity index (χ2v) is 7.50. The van der Waals surface area contributed by atoms with Crippen molar-refractivity contribution in [3.8, 4) is 5.75 Å². The van der Waals surface area contributed by atoms with Crippen molar-refractivity contribution in [3.05, 3.63) is 75.2 Å². The maximum absolute atomic E-state index is 11.9. The number of hydrogen-bond acceptors (Lipinski definition) is 3. The molecule has 0 saturated heterocycles. The lowest BCUT2D eigenvalue weighted by Gasteiger charge is -2.11. The zero-order valence-electron chi connectivity index (χ0n) is 14.2. The normalized spacial score (nSPS) is 10.4. The van der Waals surface area contributed by atoms with Crippen LogP contribution in [0.25, 0.3) is 10.8 Å². The Labute approximate surface area is 173 Å². The van der Waals surface area contributed by atoms with Gasteiger partial charge in [-0.15, -0.1) is 0 Å². The molecule has 0 aliphatic carbocycles. The zero-order chi connectivity index (χ0) is 19.2. The monoisotopic (exact) mass is 490 g/mol. The van der Waals surface area contributed by atoms with Gasteiger partial charge in [0, 0.05) is 4.47 Å². The number of carbonyl (C=O) groups is 2. The summed E-state index contributed by atoms with van der Waals surface area (Å²) in [5, 5.41) is 2.02. The third-order valence-electron chi connectivity index (χ3n) is 3.79. The fraction of sp³-hybridized carbons (Fsp3) is 0.100. The van der Waals surface area contributed by atoms with Crippen LogP contribution in [0.4, 0.5) is 0 Å². The van der Waals surface area contributed by atoms with Crippen LogP contribution in [0.15, 0.2) is 69.6 Å². The third kappa shape index (κ3) is 5.30. The molecule has 0 unspecified atom stereocenters. The van der Waals surface area contributed by atoms with E-state index < -0.39 is 5.91 Å². The lowest BCUT2D eigenvalue weighted by molar-refractivity contribution is -0.129. The summed E-state index contributed by atoms with van der Waals surface area (Å²) in [6.45, 7) is -0.216. The first-order valence-electron chi connectivity index (χ1n) is 8.15. The van der Waals surface area contributed by atoms with Crippen LogP contribution in [0.2, 0.25) is 0 Å². The zero-order valence-corrected chi connectivity index (χ0v) is 17.3. The average molecular weight is 492 g/mol. The lowest BCUT2D eigenvalue weighted by atomic mass is 10.1. The van der Waals surface area contributed by atoms with Gasteiger partial charge in [-0.3, -0.25) is 20.4 Å². The smallest absolute Gasteiger partial charge is 0.276 e. The van der Waals surface area contributed by atoms with Crippen LogP contribution in [-0.4, -0.2) is 18.4 Å². The van der Waals surface area contributed by atoms with Crippen LogP contribution in [0.1, 0.15) is 5.56 Å². The Hall–Kier alpha value is -2.38. The molecule has 0 saturated carbocycles. The molecule has 138 valence electrons. The van der Waals surface area contributed by atoms with E-state index in [-0.39, 0.29) is 18.9 Å². The Balaban J connectivity index is 1.52. The molecule has 0 atom stereocenters. The number of hydrogen-bond donors (Lipinski definition) is 2. The molecule has 0 aliphatic rings. The Bertz CT molecular complexity index is 978. The largest absolute Gasteiger partial charge is 0.483 e. The Kier molecular flexibility index (Phi) is 6.47. The van der Waals surface area contributed by atoms with Gasteiger partial charge >= 0.3 is 0 Å². The molecule has 2 N–H and O–H groups in total. The van der Waals surface area contributed by atoms with Crippen molar-refractivity contribution in [3.63, 3.8) is 0 Å². The Morgan fingerprint density at radius 1 is 0.889 bits per heavy atom. The summed E-state index contributed by atoms with van der Waals surface area (Å²) < 4.78 is 7.32. The molecule has 0 spiro atoms. The molecule has 0 bridgehead atoms. The van der Waals surface area contributed by atoms with E-state index in [4.69, 9.17) is 4.74 Å². The van der Waals surface area contributed by atoms with Crippen LogP contribution in [0, 0.1) is 0 Å². The van der Waals surface area contributed by atoms with Gasteiger partial charge in [0.05, 0.1) is 10.9 Å². The summed E-state index contributed by atoms with van der Waals surface area (Å²) in [4.78, 5) is 23.8. The summed E-state index contributed by atoms with van der Waals surface area (Å²) in [5.74, 6) is -0.193. The van der Waals surface area contributed by atoms with Gasteiger partial charge in [-0.25, -0.2) is 0 Å². The maximum atomic E-state index is 11.9. The standard InChI is InChI=1S/C20H16Br2N2O3/c21-15-7-8-16-14(11-15)6-9-17(20(16)22)27-12-19(26)24-23-18(25)10-13-4-2-1-3-5-13/h1-9,11H,10,12H2,(H,23,25)(H,24,26). The number of hydrazine groups is 1. The molecule has 27 heavy (non-hydrogen) atoms. The van der Waals surface area contributed by atoms with E-state index in [0.29, 0.717) is 5.75 Å². The second-order valence-electron chi connectivity index (χ2n) is 5.79. The minimum absolute atomic E-state index is 0.188. The molecule has 0 fully saturated rings. The van der Waals surface area contributed by atoms with Crippen molar-refractivity contribution in [2.45, 2.75) is 6.42 Å². The molecule has 2 amide bonds. The van der Waals surface area contributed by atoms with Gasteiger partial charge in [-0.2, -0.15) is 0 Å². The second kappa shape index (κ2) is 9.01. The van der Waals surface area contributed by atoms with Gasteiger partial charge in [0.2, 0.25) is 5.91 Å². The van der Waals surface area contributed by atoms with Crippen molar-refractivity contribution < 1.29 is 14.3 Å². The average Bonchev–Trinajstić information content (AvgIpc) is 2.66. The van der Waals surface area contributed by atoms with Gasteiger partial charge in [-0.05, 0) is 50.5 Å². The van der Waals surface area contributed by atoms with E-state index >= 15 is 0 Å². The predicted molar refractivity (Wildman–Crippen MR) is 111 cm³/mol. The van der Waals surface area contributed by atoms with E-state index in [1.54, 1.807) is 6.07 Å². The summed E-state index contributed by atoms with van der Waals surface area (Å²) >= 11 is 6.96. The highest BCUT2D eigenvalue weighted by molar-refractivity contribution is 9.11. The van der Waals surface area contributed by atoms with E-state index in [1.807, 2.05) is 54.6 Å². The third-order valence-corrected chi connectivity index (χ3v) is 5.10. The van der Waals surface area contributed by atoms with Gasteiger partial charge in [-0.1, -0.05) is 58.4 Å². The number of amides is 2. The number of ether oxygens (including phenoxy) is 1. The van der Waals surface area contributed by atoms with Gasteiger partial charge in [0.25, 0.3) is 5.91 Å². The van der Waals surface area contributed by atoms with Crippen LogP contribution >= 0.6 is 31.9 Å². The molecule has 7 heteroatoms. The van der Waals surface area contributed by atoms with Gasteiger partial charge in [0.15, 0.2) is 6.61 Å². The fourth-order valence-electron chi connectivity index (χ4n) is 2.50. The molecule has 3 aromatic carbocycles. The van der Waals surface area contributed by atoms with Crippen molar-refractivity contribution >= 4 is 54.4 Å². The first-order chi connectivity index (χ1) is 13.0. The lowest BCUT2D eigenvalue weighted by Crippen LogP contribution is -2.44. The SMILES string of the molecule is O=C(COc1ccc2cc(Br)ccc2c1Br)NNC(=O)Cc1ccccc1. The quantitative estimate of drug-likeness (QED) is 0.527. The number of benzene rings is 3. The maximum Gasteiger partial charge on any atom is 0.276 e. The van der Waals surface area contributed by atoms with Crippen LogP contribution < -0.4 is 15.6 Å². The van der Waals surface area contributed by atoms with Crippen molar-refractivity contribution in [2.75, 3.05) is 6.61 Å². The van der Waals surface area contributed by atoms with E-state index in [2.05, 4.69) is 42.7 Å². The number of halogens is 2. The molecule has 3 aromatic rings.